The van der Waals surface area contributed by atoms with Crippen molar-refractivity contribution in [1.29, 1.82) is 0 Å². The average molecular weight is 375 g/mol. The van der Waals surface area contributed by atoms with Crippen LogP contribution < -0.4 is 27.0 Å². The maximum Gasteiger partial charge on any atom is 0.234 e. The highest BCUT2D eigenvalue weighted by Crippen LogP contribution is 2.36. The van der Waals surface area contributed by atoms with Crippen LogP contribution in [-0.2, 0) is 4.79 Å². The summed E-state index contributed by atoms with van der Waals surface area (Å²) in [6.07, 6.45) is 0.586. The number of hydrogen-bond donors (Lipinski definition) is 1. The highest BCUT2D eigenvalue weighted by molar-refractivity contribution is 6.13. The molecule has 0 heterocycles. The van der Waals surface area contributed by atoms with Gasteiger partial charge in [0.15, 0.2) is 0 Å². The lowest BCUT2D eigenvalue weighted by Gasteiger charge is -2.22. The number of hydrogen-bond acceptors (Lipinski definition) is 5. The SMILES string of the molecule is CCC(C)(C)C(=O)Nc1cc2c3c(c1)c(=O)c(=O)c1cccc(c1-3)c(=O)c2=O. The Morgan fingerprint density at radius 2 is 1.25 bits per heavy atom. The van der Waals surface area contributed by atoms with Crippen LogP contribution in [0.1, 0.15) is 27.2 Å². The Hall–Kier alpha value is -3.41. The second-order valence-corrected chi connectivity index (χ2v) is 7.68. The van der Waals surface area contributed by atoms with Gasteiger partial charge in [0.05, 0.1) is 0 Å². The Morgan fingerprint density at radius 3 is 1.71 bits per heavy atom. The van der Waals surface area contributed by atoms with E-state index in [4.69, 9.17) is 0 Å². The number of anilines is 1. The molecule has 1 N–H and O–H groups in total. The zero-order valence-corrected chi connectivity index (χ0v) is 15.6. The third kappa shape index (κ3) is 2.30. The standard InChI is InChI=1S/C22H17NO5/c1-4-22(2,3)21(28)23-10-8-13-16-14(9-10)20(27)18(25)12-7-5-6-11(15(12)16)17(24)19(13)26/h5-9H,4H2,1-3H3,(H,23,28). The molecule has 2 aromatic rings. The summed E-state index contributed by atoms with van der Waals surface area (Å²) in [5, 5.41) is 3.03. The first-order chi connectivity index (χ1) is 13.2. The topological polar surface area (TPSA) is 97.4 Å². The Morgan fingerprint density at radius 1 is 0.821 bits per heavy atom. The van der Waals surface area contributed by atoms with E-state index in [1.165, 1.54) is 30.3 Å². The molecule has 0 spiro atoms. The summed E-state index contributed by atoms with van der Waals surface area (Å²) in [4.78, 5) is 63.0. The highest BCUT2D eigenvalue weighted by atomic mass is 16.2. The number of rotatable bonds is 3. The molecule has 0 bridgehead atoms. The van der Waals surface area contributed by atoms with Crippen molar-refractivity contribution in [2.75, 3.05) is 5.32 Å². The Balaban J connectivity index is 2.14. The molecule has 2 aromatic carbocycles. The molecule has 0 radical (unpaired) electrons. The van der Waals surface area contributed by atoms with Crippen molar-refractivity contribution in [2.45, 2.75) is 27.2 Å². The average Bonchev–Trinajstić information content (AvgIpc) is 2.68. The first-order valence-corrected chi connectivity index (χ1v) is 8.98. The van der Waals surface area contributed by atoms with Gasteiger partial charge in [-0.25, -0.2) is 0 Å². The van der Waals surface area contributed by atoms with Crippen LogP contribution in [-0.4, -0.2) is 5.91 Å². The highest BCUT2D eigenvalue weighted by Gasteiger charge is 2.28. The van der Waals surface area contributed by atoms with Crippen molar-refractivity contribution in [1.82, 2.24) is 0 Å². The van der Waals surface area contributed by atoms with Crippen LogP contribution in [0.3, 0.4) is 0 Å². The van der Waals surface area contributed by atoms with E-state index in [1.54, 1.807) is 13.8 Å². The maximum atomic E-state index is 12.7. The first kappa shape index (κ1) is 18.0. The van der Waals surface area contributed by atoms with Crippen LogP contribution >= 0.6 is 0 Å². The largest absolute Gasteiger partial charge is 0.326 e. The van der Waals surface area contributed by atoms with Crippen molar-refractivity contribution in [3.8, 4) is 11.1 Å². The second kappa shape index (κ2) is 5.79. The predicted molar refractivity (Wildman–Crippen MR) is 109 cm³/mol. The van der Waals surface area contributed by atoms with Gasteiger partial charge in [0.2, 0.25) is 27.6 Å². The lowest BCUT2D eigenvalue weighted by Crippen LogP contribution is -2.32. The molecule has 0 unspecified atom stereocenters. The van der Waals surface area contributed by atoms with Crippen molar-refractivity contribution in [3.05, 3.63) is 71.2 Å². The number of carbonyl (C=O) groups excluding carboxylic acids is 1. The molecule has 0 saturated heterocycles. The van der Waals surface area contributed by atoms with E-state index >= 15 is 0 Å². The van der Waals surface area contributed by atoms with Crippen LogP contribution in [0.2, 0.25) is 0 Å². The number of benzene rings is 4. The monoisotopic (exact) mass is 375 g/mol. The van der Waals surface area contributed by atoms with Crippen LogP contribution in [0.15, 0.2) is 49.5 Å². The van der Waals surface area contributed by atoms with E-state index < -0.39 is 27.1 Å². The van der Waals surface area contributed by atoms with Gasteiger partial charge in [-0.2, -0.15) is 0 Å². The van der Waals surface area contributed by atoms with Gasteiger partial charge in [-0.05, 0) is 18.6 Å². The van der Waals surface area contributed by atoms with Crippen LogP contribution in [0, 0.1) is 5.41 Å². The van der Waals surface area contributed by atoms with Gasteiger partial charge in [-0.15, -0.1) is 0 Å². The molecule has 0 aromatic heterocycles. The summed E-state index contributed by atoms with van der Waals surface area (Å²) in [5.41, 5.74) is -2.79. The van der Waals surface area contributed by atoms with Gasteiger partial charge in [0.1, 0.15) is 0 Å². The first-order valence-electron chi connectivity index (χ1n) is 8.98. The molecule has 6 nitrogen and oxygen atoms in total. The summed E-state index contributed by atoms with van der Waals surface area (Å²) in [6, 6.07) is 7.27. The zero-order chi connectivity index (χ0) is 20.4. The van der Waals surface area contributed by atoms with Gasteiger partial charge in [0, 0.05) is 43.8 Å². The van der Waals surface area contributed by atoms with Gasteiger partial charge in [-0.1, -0.05) is 39.0 Å². The predicted octanol–water partition coefficient (Wildman–Crippen LogP) is 2.23. The summed E-state index contributed by atoms with van der Waals surface area (Å²) in [7, 11) is 0. The normalized spacial score (nSPS) is 12.2. The van der Waals surface area contributed by atoms with Crippen LogP contribution in [0.4, 0.5) is 5.69 Å². The molecule has 4 rings (SSSR count). The molecular formula is C22H17NO5. The van der Waals surface area contributed by atoms with E-state index in [9.17, 15) is 24.0 Å². The minimum Gasteiger partial charge on any atom is -0.326 e. The van der Waals surface area contributed by atoms with E-state index in [0.717, 1.165) is 0 Å². The fourth-order valence-electron chi connectivity index (χ4n) is 3.49. The van der Waals surface area contributed by atoms with Crippen molar-refractivity contribution in [2.24, 2.45) is 5.41 Å². The third-order valence-corrected chi connectivity index (χ3v) is 5.60. The molecule has 0 fully saturated rings. The van der Waals surface area contributed by atoms with E-state index in [-0.39, 0.29) is 33.1 Å². The van der Waals surface area contributed by atoms with Crippen LogP contribution in [0.25, 0.3) is 32.7 Å². The maximum absolute atomic E-state index is 12.7. The van der Waals surface area contributed by atoms with Crippen molar-refractivity contribution >= 4 is 33.1 Å². The van der Waals surface area contributed by atoms with E-state index in [0.29, 0.717) is 17.5 Å². The molecule has 28 heavy (non-hydrogen) atoms. The van der Waals surface area contributed by atoms with Gasteiger partial charge < -0.3 is 5.32 Å². The number of amides is 1. The summed E-state index contributed by atoms with van der Waals surface area (Å²) in [6.45, 7) is 5.42. The summed E-state index contributed by atoms with van der Waals surface area (Å²) < 4.78 is 0. The molecule has 140 valence electrons. The smallest absolute Gasteiger partial charge is 0.234 e. The third-order valence-electron chi connectivity index (χ3n) is 5.60. The molecule has 0 saturated carbocycles. The Kier molecular flexibility index (Phi) is 3.72. The van der Waals surface area contributed by atoms with Crippen LogP contribution in [0.5, 0.6) is 0 Å². The molecule has 2 aliphatic rings. The Bertz CT molecular complexity index is 1350. The second-order valence-electron chi connectivity index (χ2n) is 7.68. The zero-order valence-electron chi connectivity index (χ0n) is 15.6. The van der Waals surface area contributed by atoms with Crippen molar-refractivity contribution < 1.29 is 4.79 Å². The van der Waals surface area contributed by atoms with Gasteiger partial charge in [-0.3, -0.25) is 24.0 Å². The van der Waals surface area contributed by atoms with E-state index in [1.807, 2.05) is 6.92 Å². The molecule has 0 aliphatic heterocycles. The minimum atomic E-state index is -0.756. The van der Waals surface area contributed by atoms with Gasteiger partial charge >= 0.3 is 0 Å². The molecular weight excluding hydrogens is 358 g/mol. The molecule has 1 amide bonds. The fraction of sp³-hybridized carbons (Fsp3) is 0.227. The summed E-state index contributed by atoms with van der Waals surface area (Å²) >= 11 is 0. The molecule has 2 aliphatic carbocycles. The van der Waals surface area contributed by atoms with Gasteiger partial charge in [0.25, 0.3) is 0 Å². The quantitative estimate of drug-likeness (QED) is 0.437. The minimum absolute atomic E-state index is 0.0351. The lowest BCUT2D eigenvalue weighted by molar-refractivity contribution is -0.124. The summed E-state index contributed by atoms with van der Waals surface area (Å²) in [5.74, 6) is -0.285. The Labute approximate surface area is 158 Å². The molecule has 6 heteroatoms. The fourth-order valence-corrected chi connectivity index (χ4v) is 3.49. The lowest BCUT2D eigenvalue weighted by atomic mass is 9.86. The molecule has 0 atom stereocenters. The number of carbonyl (C=O) groups is 1. The number of nitrogens with one attached hydrogen (secondary N) is 1. The van der Waals surface area contributed by atoms with E-state index in [2.05, 4.69) is 5.32 Å². The van der Waals surface area contributed by atoms with Crippen molar-refractivity contribution in [3.63, 3.8) is 0 Å².